The minimum atomic E-state index is -0.0366. The predicted octanol–water partition coefficient (Wildman–Crippen LogP) is 3.74. The van der Waals surface area contributed by atoms with Gasteiger partial charge in [-0.05, 0) is 24.6 Å². The average Bonchev–Trinajstić information content (AvgIpc) is 3.28. The van der Waals surface area contributed by atoms with E-state index in [4.69, 9.17) is 5.73 Å². The molecule has 8 heteroatoms. The third-order valence-corrected chi connectivity index (χ3v) is 5.58. The van der Waals surface area contributed by atoms with E-state index in [1.54, 1.807) is 11.3 Å². The zero-order chi connectivity index (χ0) is 19.2. The molecule has 0 aliphatic rings. The van der Waals surface area contributed by atoms with Crippen LogP contribution in [-0.4, -0.2) is 16.9 Å². The molecule has 0 fully saturated rings. The number of aliphatic imine (C=N–C) groups is 1. The highest BCUT2D eigenvalue weighted by molar-refractivity contribution is 7.17. The van der Waals surface area contributed by atoms with Crippen LogP contribution in [0.4, 0.5) is 5.13 Å². The molecule has 6 nitrogen and oxygen atoms in total. The van der Waals surface area contributed by atoms with Crippen molar-refractivity contribution in [3.05, 3.63) is 57.8 Å². The van der Waals surface area contributed by atoms with Crippen LogP contribution in [0.25, 0.3) is 10.6 Å². The van der Waals surface area contributed by atoms with E-state index < -0.39 is 0 Å². The molecule has 0 spiro atoms. The van der Waals surface area contributed by atoms with Crippen LogP contribution in [0.2, 0.25) is 0 Å². The summed E-state index contributed by atoms with van der Waals surface area (Å²) < 4.78 is 0. The van der Waals surface area contributed by atoms with Gasteiger partial charge in [-0.15, -0.1) is 22.7 Å². The van der Waals surface area contributed by atoms with Crippen molar-refractivity contribution in [3.63, 3.8) is 0 Å². The topological polar surface area (TPSA) is 92.4 Å². The third kappa shape index (κ3) is 5.63. The van der Waals surface area contributed by atoms with E-state index in [1.165, 1.54) is 23.8 Å². The molecule has 0 radical (unpaired) electrons. The zero-order valence-electron chi connectivity index (χ0n) is 15.2. The van der Waals surface area contributed by atoms with E-state index >= 15 is 0 Å². The van der Waals surface area contributed by atoms with Crippen LogP contribution < -0.4 is 16.4 Å². The van der Waals surface area contributed by atoms with Gasteiger partial charge in [-0.25, -0.2) is 9.98 Å². The maximum Gasteiger partial charge on any atom is 0.217 e. The number of benzene rings is 1. The van der Waals surface area contributed by atoms with Gasteiger partial charge in [0.1, 0.15) is 0 Å². The number of aromatic nitrogens is 1. The monoisotopic (exact) mass is 399 g/mol. The van der Waals surface area contributed by atoms with Crippen molar-refractivity contribution in [1.29, 1.82) is 0 Å². The molecule has 1 amide bonds. The Bertz CT molecular complexity index is 943. The Kier molecular flexibility index (Phi) is 6.20. The van der Waals surface area contributed by atoms with E-state index in [2.05, 4.69) is 39.7 Å². The van der Waals surface area contributed by atoms with Crippen LogP contribution in [0.15, 0.2) is 46.8 Å². The van der Waals surface area contributed by atoms with E-state index in [-0.39, 0.29) is 5.91 Å². The highest BCUT2D eigenvalue weighted by atomic mass is 32.1. The number of carbonyl (C=O) groups excluding carboxylic acids is 1. The summed E-state index contributed by atoms with van der Waals surface area (Å²) in [5, 5.41) is 8.52. The molecule has 0 bridgehead atoms. The predicted molar refractivity (Wildman–Crippen MR) is 113 cm³/mol. The molecule has 2 heterocycles. The molecule has 2 aromatic heterocycles. The number of rotatable bonds is 6. The summed E-state index contributed by atoms with van der Waals surface area (Å²) in [5.41, 5.74) is 9.18. The van der Waals surface area contributed by atoms with Crippen molar-refractivity contribution >= 4 is 39.7 Å². The fourth-order valence-electron chi connectivity index (χ4n) is 2.29. The summed E-state index contributed by atoms with van der Waals surface area (Å²) in [5.74, 6) is 0.305. The summed E-state index contributed by atoms with van der Waals surface area (Å²) in [4.78, 5) is 22.1. The number of nitrogens with two attached hydrogens (primary N) is 1. The molecule has 3 aromatic rings. The van der Waals surface area contributed by atoms with Crippen molar-refractivity contribution in [2.24, 2.45) is 10.7 Å². The number of nitrogens with one attached hydrogen (secondary N) is 2. The van der Waals surface area contributed by atoms with Gasteiger partial charge in [0.25, 0.3) is 0 Å². The number of thiophene rings is 1. The van der Waals surface area contributed by atoms with Gasteiger partial charge in [-0.2, -0.15) is 0 Å². The van der Waals surface area contributed by atoms with Crippen LogP contribution in [-0.2, 0) is 17.9 Å². The fourth-order valence-corrected chi connectivity index (χ4v) is 3.99. The van der Waals surface area contributed by atoms with E-state index in [0.29, 0.717) is 24.2 Å². The van der Waals surface area contributed by atoms with Crippen molar-refractivity contribution in [3.8, 4) is 10.6 Å². The van der Waals surface area contributed by atoms with Gasteiger partial charge in [0, 0.05) is 17.2 Å². The number of hydrogen-bond acceptors (Lipinski definition) is 5. The lowest BCUT2D eigenvalue weighted by molar-refractivity contribution is -0.119. The maximum atomic E-state index is 11.0. The molecule has 0 aliphatic carbocycles. The molecule has 0 saturated carbocycles. The molecular formula is C19H21N5OS2. The molecule has 27 heavy (non-hydrogen) atoms. The van der Waals surface area contributed by atoms with Crippen LogP contribution in [0.3, 0.4) is 0 Å². The smallest absolute Gasteiger partial charge is 0.217 e. The number of carbonyl (C=O) groups is 1. The molecule has 140 valence electrons. The van der Waals surface area contributed by atoms with Gasteiger partial charge >= 0.3 is 0 Å². The van der Waals surface area contributed by atoms with Crippen molar-refractivity contribution in [2.75, 3.05) is 5.32 Å². The summed E-state index contributed by atoms with van der Waals surface area (Å²) in [7, 11) is 0. The normalized spacial score (nSPS) is 11.4. The number of thiazole rings is 1. The third-order valence-electron chi connectivity index (χ3n) is 3.72. The number of guanidine groups is 1. The minimum Gasteiger partial charge on any atom is -0.370 e. The molecule has 0 saturated heterocycles. The van der Waals surface area contributed by atoms with Gasteiger partial charge in [-0.3, -0.25) is 4.79 Å². The maximum absolute atomic E-state index is 11.0. The average molecular weight is 400 g/mol. The molecule has 4 N–H and O–H groups in total. The second kappa shape index (κ2) is 8.79. The highest BCUT2D eigenvalue weighted by Crippen LogP contribution is 2.30. The van der Waals surface area contributed by atoms with Crippen LogP contribution in [0.5, 0.6) is 0 Å². The Morgan fingerprint density at radius 2 is 2.00 bits per heavy atom. The lowest BCUT2D eigenvalue weighted by Crippen LogP contribution is -2.22. The molecule has 0 aliphatic heterocycles. The number of hydrogen-bond donors (Lipinski definition) is 3. The SMILES string of the molecule is CC(=O)NCc1ccc(-c2csc(NC(N)=NCc3ccc(C)cc3)n2)s1. The van der Waals surface area contributed by atoms with E-state index in [0.717, 1.165) is 21.0 Å². The molecular weight excluding hydrogens is 378 g/mol. The molecule has 3 rings (SSSR count). The number of amides is 1. The Morgan fingerprint density at radius 3 is 2.74 bits per heavy atom. The van der Waals surface area contributed by atoms with Crippen molar-refractivity contribution < 1.29 is 4.79 Å². The van der Waals surface area contributed by atoms with E-state index in [9.17, 15) is 4.79 Å². The lowest BCUT2D eigenvalue weighted by atomic mass is 10.1. The first-order valence-corrected chi connectivity index (χ1v) is 10.1. The molecule has 0 atom stereocenters. The van der Waals surface area contributed by atoms with Crippen LogP contribution in [0, 0.1) is 6.92 Å². The summed E-state index contributed by atoms with van der Waals surface area (Å²) >= 11 is 3.09. The van der Waals surface area contributed by atoms with Crippen LogP contribution in [0.1, 0.15) is 22.9 Å². The quantitative estimate of drug-likeness (QED) is 0.435. The Hall–Kier alpha value is -2.71. The minimum absolute atomic E-state index is 0.0366. The second-order valence-corrected chi connectivity index (χ2v) is 8.05. The standard InChI is InChI=1S/C19H21N5OS2/c1-12-3-5-14(6-4-12)9-22-18(20)24-19-23-16(11-26-19)17-8-7-15(27-17)10-21-13(2)25/h3-8,11H,9-10H2,1-2H3,(H,21,25)(H3,20,22,23,24). The van der Waals surface area contributed by atoms with Crippen LogP contribution >= 0.6 is 22.7 Å². The van der Waals surface area contributed by atoms with E-state index in [1.807, 2.05) is 29.6 Å². The van der Waals surface area contributed by atoms with Gasteiger partial charge in [0.15, 0.2) is 11.1 Å². The fraction of sp³-hybridized carbons (Fsp3) is 0.211. The number of anilines is 1. The second-order valence-electron chi connectivity index (χ2n) is 6.03. The number of nitrogens with zero attached hydrogens (tertiary/aromatic N) is 2. The summed E-state index contributed by atoms with van der Waals surface area (Å²) in [6.45, 7) is 4.62. The Balaban J connectivity index is 1.59. The first kappa shape index (κ1) is 19.1. The highest BCUT2D eigenvalue weighted by Gasteiger charge is 2.08. The van der Waals surface area contributed by atoms with Crippen molar-refractivity contribution in [2.45, 2.75) is 26.9 Å². The molecule has 0 unspecified atom stereocenters. The zero-order valence-corrected chi connectivity index (χ0v) is 16.8. The summed E-state index contributed by atoms with van der Waals surface area (Å²) in [6, 6.07) is 12.2. The summed E-state index contributed by atoms with van der Waals surface area (Å²) in [6.07, 6.45) is 0. The number of aryl methyl sites for hydroxylation is 1. The van der Waals surface area contributed by atoms with Gasteiger partial charge in [-0.1, -0.05) is 29.8 Å². The Morgan fingerprint density at radius 1 is 1.22 bits per heavy atom. The Labute approximate surface area is 166 Å². The largest absolute Gasteiger partial charge is 0.370 e. The van der Waals surface area contributed by atoms with Gasteiger partial charge in [0.2, 0.25) is 5.91 Å². The van der Waals surface area contributed by atoms with Gasteiger partial charge < -0.3 is 16.4 Å². The first-order valence-electron chi connectivity index (χ1n) is 8.41. The van der Waals surface area contributed by atoms with Gasteiger partial charge in [0.05, 0.1) is 23.7 Å². The molecule has 1 aromatic carbocycles. The lowest BCUT2D eigenvalue weighted by Gasteiger charge is -2.02. The van der Waals surface area contributed by atoms with Crippen molar-refractivity contribution in [1.82, 2.24) is 10.3 Å². The first-order chi connectivity index (χ1) is 13.0.